The third-order valence-corrected chi connectivity index (χ3v) is 4.23. The topological polar surface area (TPSA) is 57.6 Å². The summed E-state index contributed by atoms with van der Waals surface area (Å²) in [4.78, 5) is 24.3. The molecular formula is C11H9BrFNO3S. The Balaban J connectivity index is 2.31. The van der Waals surface area contributed by atoms with Crippen LogP contribution in [-0.4, -0.2) is 39.6 Å². The SMILES string of the molecule is O=C(O)[C@@H]1CSCN1C(=O)c1cccc(Br)c1F. The molecule has 1 aromatic carbocycles. The highest BCUT2D eigenvalue weighted by atomic mass is 79.9. The average Bonchev–Trinajstić information content (AvgIpc) is 2.81. The zero-order valence-electron chi connectivity index (χ0n) is 9.10. The van der Waals surface area contributed by atoms with E-state index in [0.29, 0.717) is 5.75 Å². The zero-order valence-corrected chi connectivity index (χ0v) is 11.5. The van der Waals surface area contributed by atoms with Crippen LogP contribution >= 0.6 is 27.7 Å². The number of carbonyl (C=O) groups is 2. The molecule has 1 fully saturated rings. The Morgan fingerprint density at radius 3 is 2.89 bits per heavy atom. The van der Waals surface area contributed by atoms with Crippen LogP contribution in [0.4, 0.5) is 4.39 Å². The summed E-state index contributed by atoms with van der Waals surface area (Å²) >= 11 is 4.34. The smallest absolute Gasteiger partial charge is 0.327 e. The van der Waals surface area contributed by atoms with Crippen molar-refractivity contribution in [1.29, 1.82) is 0 Å². The molecule has 2 rings (SSSR count). The van der Waals surface area contributed by atoms with Crippen molar-refractivity contribution in [2.24, 2.45) is 0 Å². The number of hydrogen-bond donors (Lipinski definition) is 1. The Hall–Kier alpha value is -1.08. The summed E-state index contributed by atoms with van der Waals surface area (Å²) in [6.07, 6.45) is 0. The minimum atomic E-state index is -1.07. The van der Waals surface area contributed by atoms with Gasteiger partial charge in [-0.25, -0.2) is 9.18 Å². The summed E-state index contributed by atoms with van der Waals surface area (Å²) in [7, 11) is 0. The fourth-order valence-corrected chi connectivity index (χ4v) is 3.18. The van der Waals surface area contributed by atoms with E-state index in [1.54, 1.807) is 6.07 Å². The fraction of sp³-hybridized carbons (Fsp3) is 0.273. The first-order chi connectivity index (χ1) is 8.52. The molecule has 1 aliphatic heterocycles. The third kappa shape index (κ3) is 2.37. The molecular weight excluding hydrogens is 325 g/mol. The molecule has 1 amide bonds. The van der Waals surface area contributed by atoms with Gasteiger partial charge in [0, 0.05) is 5.75 Å². The largest absolute Gasteiger partial charge is 0.480 e. The molecule has 0 radical (unpaired) electrons. The number of halogens is 2. The first kappa shape index (κ1) is 13.4. The van der Waals surface area contributed by atoms with E-state index in [1.807, 2.05) is 0 Å². The molecule has 0 spiro atoms. The molecule has 1 aromatic rings. The molecule has 1 atom stereocenters. The minimum Gasteiger partial charge on any atom is -0.480 e. The quantitative estimate of drug-likeness (QED) is 0.901. The van der Waals surface area contributed by atoms with Gasteiger partial charge in [0.1, 0.15) is 11.9 Å². The second kappa shape index (κ2) is 5.27. The molecule has 18 heavy (non-hydrogen) atoms. The van der Waals surface area contributed by atoms with Crippen LogP contribution in [0, 0.1) is 5.82 Å². The van der Waals surface area contributed by atoms with Crippen LogP contribution in [0.2, 0.25) is 0 Å². The van der Waals surface area contributed by atoms with Gasteiger partial charge in [-0.05, 0) is 28.1 Å². The van der Waals surface area contributed by atoms with Crippen LogP contribution in [0.1, 0.15) is 10.4 Å². The number of hydrogen-bond acceptors (Lipinski definition) is 3. The van der Waals surface area contributed by atoms with Gasteiger partial charge >= 0.3 is 5.97 Å². The number of amides is 1. The Labute approximate surface area is 115 Å². The van der Waals surface area contributed by atoms with Gasteiger partial charge in [0.15, 0.2) is 0 Å². The van der Waals surface area contributed by atoms with Gasteiger partial charge in [-0.3, -0.25) is 4.79 Å². The van der Waals surface area contributed by atoms with Crippen LogP contribution in [-0.2, 0) is 4.79 Å². The third-order valence-electron chi connectivity index (χ3n) is 2.61. The summed E-state index contributed by atoms with van der Waals surface area (Å²) in [5, 5.41) is 8.99. The second-order valence-electron chi connectivity index (χ2n) is 3.73. The second-order valence-corrected chi connectivity index (χ2v) is 5.58. The molecule has 1 saturated heterocycles. The maximum Gasteiger partial charge on any atom is 0.327 e. The lowest BCUT2D eigenvalue weighted by Gasteiger charge is -2.20. The number of benzene rings is 1. The molecule has 1 heterocycles. The summed E-state index contributed by atoms with van der Waals surface area (Å²) in [6.45, 7) is 0. The number of nitrogens with zero attached hydrogens (tertiary/aromatic N) is 1. The Bertz CT molecular complexity index is 511. The lowest BCUT2D eigenvalue weighted by molar-refractivity contribution is -0.140. The summed E-state index contributed by atoms with van der Waals surface area (Å²) in [6, 6.07) is 3.49. The Morgan fingerprint density at radius 1 is 1.50 bits per heavy atom. The molecule has 96 valence electrons. The number of rotatable bonds is 2. The van der Waals surface area contributed by atoms with Gasteiger partial charge in [0.2, 0.25) is 0 Å². The molecule has 0 aromatic heterocycles. The highest BCUT2D eigenvalue weighted by Crippen LogP contribution is 2.26. The number of thioether (sulfide) groups is 1. The highest BCUT2D eigenvalue weighted by molar-refractivity contribution is 9.10. The van der Waals surface area contributed by atoms with Crippen LogP contribution in [0.15, 0.2) is 22.7 Å². The van der Waals surface area contributed by atoms with Crippen molar-refractivity contribution in [1.82, 2.24) is 4.90 Å². The highest BCUT2D eigenvalue weighted by Gasteiger charge is 2.36. The zero-order chi connectivity index (χ0) is 13.3. The van der Waals surface area contributed by atoms with Gasteiger partial charge in [-0.15, -0.1) is 11.8 Å². The summed E-state index contributed by atoms with van der Waals surface area (Å²) in [5.41, 5.74) is -0.113. The standard InChI is InChI=1S/C11H9BrFNO3S/c12-7-3-1-2-6(9(7)13)10(15)14-5-18-4-8(14)11(16)17/h1-3,8H,4-5H2,(H,16,17)/t8-/m0/s1. The monoisotopic (exact) mass is 333 g/mol. The fourth-order valence-electron chi connectivity index (χ4n) is 1.67. The van der Waals surface area contributed by atoms with Crippen LogP contribution in [0.25, 0.3) is 0 Å². The van der Waals surface area contributed by atoms with Crippen LogP contribution in [0.5, 0.6) is 0 Å². The van der Waals surface area contributed by atoms with Gasteiger partial charge < -0.3 is 10.0 Å². The van der Waals surface area contributed by atoms with E-state index in [4.69, 9.17) is 5.11 Å². The summed E-state index contributed by atoms with van der Waals surface area (Å²) in [5.74, 6) is -1.73. The lowest BCUT2D eigenvalue weighted by Crippen LogP contribution is -2.42. The molecule has 0 unspecified atom stereocenters. The van der Waals surface area contributed by atoms with Crippen molar-refractivity contribution < 1.29 is 19.1 Å². The van der Waals surface area contributed by atoms with Crippen molar-refractivity contribution >= 4 is 39.6 Å². The van der Waals surface area contributed by atoms with Gasteiger partial charge in [0.25, 0.3) is 5.91 Å². The first-order valence-corrected chi connectivity index (χ1v) is 7.02. The van der Waals surface area contributed by atoms with E-state index in [9.17, 15) is 14.0 Å². The molecule has 0 aliphatic carbocycles. The predicted octanol–water partition coefficient (Wildman–Crippen LogP) is 2.19. The lowest BCUT2D eigenvalue weighted by atomic mass is 10.1. The van der Waals surface area contributed by atoms with Crippen molar-refractivity contribution in [2.75, 3.05) is 11.6 Å². The number of carbonyl (C=O) groups excluding carboxylic acids is 1. The Morgan fingerprint density at radius 2 is 2.22 bits per heavy atom. The van der Waals surface area contributed by atoms with Crippen molar-refractivity contribution in [3.05, 3.63) is 34.1 Å². The maximum absolute atomic E-state index is 13.8. The average molecular weight is 334 g/mol. The van der Waals surface area contributed by atoms with Gasteiger partial charge in [-0.1, -0.05) is 6.07 Å². The van der Waals surface area contributed by atoms with Crippen LogP contribution < -0.4 is 0 Å². The van der Waals surface area contributed by atoms with Crippen molar-refractivity contribution in [3.63, 3.8) is 0 Å². The molecule has 0 saturated carbocycles. The van der Waals surface area contributed by atoms with Crippen LogP contribution in [0.3, 0.4) is 0 Å². The van der Waals surface area contributed by atoms with Crippen molar-refractivity contribution in [3.8, 4) is 0 Å². The molecule has 7 heteroatoms. The van der Waals surface area contributed by atoms with E-state index >= 15 is 0 Å². The first-order valence-electron chi connectivity index (χ1n) is 5.08. The normalized spacial score (nSPS) is 19.0. The van der Waals surface area contributed by atoms with E-state index in [1.165, 1.54) is 28.8 Å². The minimum absolute atomic E-state index is 0.113. The Kier molecular flexibility index (Phi) is 3.91. The van der Waals surface area contributed by atoms with Crippen molar-refractivity contribution in [2.45, 2.75) is 6.04 Å². The molecule has 1 aliphatic rings. The number of carboxylic acid groups (broad SMARTS) is 1. The molecule has 1 N–H and O–H groups in total. The van der Waals surface area contributed by atoms with E-state index < -0.39 is 23.7 Å². The molecule has 0 bridgehead atoms. The van der Waals surface area contributed by atoms with Gasteiger partial charge in [0.05, 0.1) is 15.9 Å². The van der Waals surface area contributed by atoms with E-state index in [-0.39, 0.29) is 15.9 Å². The van der Waals surface area contributed by atoms with E-state index in [0.717, 1.165) is 0 Å². The molecule has 4 nitrogen and oxygen atoms in total. The van der Waals surface area contributed by atoms with Gasteiger partial charge in [-0.2, -0.15) is 0 Å². The summed E-state index contributed by atoms with van der Waals surface area (Å²) < 4.78 is 14.0. The predicted molar refractivity (Wildman–Crippen MR) is 69.0 cm³/mol. The van der Waals surface area contributed by atoms with E-state index in [2.05, 4.69) is 15.9 Å². The number of carboxylic acids is 1. The maximum atomic E-state index is 13.8. The number of aliphatic carboxylic acids is 1.